The smallest absolute Gasteiger partial charge is 0.345 e. The van der Waals surface area contributed by atoms with Gasteiger partial charge in [0.25, 0.3) is 0 Å². The second kappa shape index (κ2) is 4.33. The maximum absolute atomic E-state index is 10.6. The Balaban J connectivity index is 1.75. The average molecular weight is 225 g/mol. The molecule has 0 aromatic carbocycles. The van der Waals surface area contributed by atoms with Crippen LogP contribution in [-0.2, 0) is 6.54 Å². The van der Waals surface area contributed by atoms with Gasteiger partial charge in [-0.25, -0.2) is 4.79 Å². The van der Waals surface area contributed by atoms with Gasteiger partial charge >= 0.3 is 5.97 Å². The summed E-state index contributed by atoms with van der Waals surface area (Å²) in [6.07, 6.45) is 1.33. The van der Waals surface area contributed by atoms with Crippen molar-refractivity contribution in [2.45, 2.75) is 19.9 Å². The van der Waals surface area contributed by atoms with Gasteiger partial charge in [0, 0.05) is 11.4 Å². The number of carboxylic acid groups (broad SMARTS) is 1. The molecule has 1 heterocycles. The Morgan fingerprint density at radius 3 is 2.93 bits per heavy atom. The lowest BCUT2D eigenvalue weighted by atomic mass is 10.3. The first-order valence-corrected chi connectivity index (χ1v) is 6.01. The van der Waals surface area contributed by atoms with Crippen LogP contribution in [0, 0.1) is 11.8 Å². The number of thiophene rings is 1. The first-order chi connectivity index (χ1) is 7.16. The molecule has 1 aromatic rings. The van der Waals surface area contributed by atoms with Crippen molar-refractivity contribution in [3.8, 4) is 0 Å². The van der Waals surface area contributed by atoms with E-state index >= 15 is 0 Å². The van der Waals surface area contributed by atoms with E-state index in [1.165, 1.54) is 17.8 Å². The molecule has 2 unspecified atom stereocenters. The van der Waals surface area contributed by atoms with Crippen LogP contribution in [0.1, 0.15) is 27.9 Å². The first-order valence-electron chi connectivity index (χ1n) is 5.19. The largest absolute Gasteiger partial charge is 0.477 e. The predicted octanol–water partition coefficient (Wildman–Crippen LogP) is 2.19. The van der Waals surface area contributed by atoms with Gasteiger partial charge in [0.1, 0.15) is 4.88 Å². The van der Waals surface area contributed by atoms with E-state index in [2.05, 4.69) is 12.2 Å². The molecule has 2 N–H and O–H groups in total. The summed E-state index contributed by atoms with van der Waals surface area (Å²) in [5.74, 6) is 0.876. The van der Waals surface area contributed by atoms with Crippen molar-refractivity contribution >= 4 is 17.3 Å². The first kappa shape index (κ1) is 10.6. The van der Waals surface area contributed by atoms with Gasteiger partial charge in [0.2, 0.25) is 0 Å². The molecule has 2 rings (SSSR count). The van der Waals surface area contributed by atoms with E-state index in [0.29, 0.717) is 4.88 Å². The normalized spacial score (nSPS) is 24.1. The maximum Gasteiger partial charge on any atom is 0.345 e. The number of hydrogen-bond donors (Lipinski definition) is 2. The molecule has 4 heteroatoms. The van der Waals surface area contributed by atoms with Gasteiger partial charge in [-0.05, 0) is 36.9 Å². The molecular formula is C11H15NO2S. The third-order valence-electron chi connectivity index (χ3n) is 2.85. The Hall–Kier alpha value is -0.870. The molecule has 3 nitrogen and oxygen atoms in total. The van der Waals surface area contributed by atoms with E-state index in [1.807, 2.05) is 6.07 Å². The van der Waals surface area contributed by atoms with Gasteiger partial charge in [-0.3, -0.25) is 0 Å². The molecule has 0 spiro atoms. The fourth-order valence-electron chi connectivity index (χ4n) is 1.65. The van der Waals surface area contributed by atoms with Crippen LogP contribution in [0.15, 0.2) is 12.1 Å². The summed E-state index contributed by atoms with van der Waals surface area (Å²) in [6.45, 7) is 4.11. The summed E-state index contributed by atoms with van der Waals surface area (Å²) in [5, 5.41) is 12.1. The molecule has 1 fully saturated rings. The zero-order valence-electron chi connectivity index (χ0n) is 8.69. The highest BCUT2D eigenvalue weighted by Gasteiger charge is 2.31. The molecule has 82 valence electrons. The molecule has 0 aliphatic heterocycles. The van der Waals surface area contributed by atoms with Crippen molar-refractivity contribution in [3.63, 3.8) is 0 Å². The lowest BCUT2D eigenvalue weighted by Gasteiger charge is -2.00. The third kappa shape index (κ3) is 2.79. The van der Waals surface area contributed by atoms with Crippen molar-refractivity contribution in [1.29, 1.82) is 0 Å². The molecule has 15 heavy (non-hydrogen) atoms. The molecule has 2 atom stereocenters. The minimum absolute atomic E-state index is 0.423. The van der Waals surface area contributed by atoms with Crippen LogP contribution in [0.2, 0.25) is 0 Å². The standard InChI is InChI=1S/C11H15NO2S/c1-7-4-8(7)5-12-6-9-2-3-10(15-9)11(13)14/h2-3,7-8,12H,4-6H2,1H3,(H,13,14). The third-order valence-corrected chi connectivity index (χ3v) is 3.93. The summed E-state index contributed by atoms with van der Waals surface area (Å²) < 4.78 is 0. The topological polar surface area (TPSA) is 49.3 Å². The molecule has 1 aromatic heterocycles. The Kier molecular flexibility index (Phi) is 3.07. The predicted molar refractivity (Wildman–Crippen MR) is 60.3 cm³/mol. The van der Waals surface area contributed by atoms with E-state index in [9.17, 15) is 4.79 Å². The lowest BCUT2D eigenvalue weighted by molar-refractivity contribution is 0.0702. The van der Waals surface area contributed by atoms with E-state index < -0.39 is 5.97 Å². The van der Waals surface area contributed by atoms with Crippen LogP contribution in [0.3, 0.4) is 0 Å². The fraction of sp³-hybridized carbons (Fsp3) is 0.545. The van der Waals surface area contributed by atoms with Crippen LogP contribution < -0.4 is 5.32 Å². The summed E-state index contributed by atoms with van der Waals surface area (Å²) in [5.41, 5.74) is 0. The number of carboxylic acids is 1. The van der Waals surface area contributed by atoms with E-state index in [-0.39, 0.29) is 0 Å². The highest BCUT2D eigenvalue weighted by molar-refractivity contribution is 7.13. The maximum atomic E-state index is 10.6. The minimum Gasteiger partial charge on any atom is -0.477 e. The Morgan fingerprint density at radius 1 is 1.67 bits per heavy atom. The molecule has 1 saturated carbocycles. The molecular weight excluding hydrogens is 210 g/mol. The van der Waals surface area contributed by atoms with E-state index in [1.54, 1.807) is 6.07 Å². The molecule has 1 aliphatic carbocycles. The number of carbonyl (C=O) groups is 1. The molecule has 0 saturated heterocycles. The quantitative estimate of drug-likeness (QED) is 0.807. The Labute approximate surface area is 93.1 Å². The van der Waals surface area contributed by atoms with Gasteiger partial charge in [0.05, 0.1) is 0 Å². The summed E-state index contributed by atoms with van der Waals surface area (Å²) >= 11 is 1.35. The van der Waals surface area contributed by atoms with Gasteiger partial charge in [0.15, 0.2) is 0 Å². The van der Waals surface area contributed by atoms with Crippen LogP contribution in [-0.4, -0.2) is 17.6 Å². The van der Waals surface area contributed by atoms with Crippen LogP contribution in [0.4, 0.5) is 0 Å². The summed E-state index contributed by atoms with van der Waals surface area (Å²) in [4.78, 5) is 12.2. The molecule has 1 aliphatic rings. The van der Waals surface area contributed by atoms with Gasteiger partial charge < -0.3 is 10.4 Å². The van der Waals surface area contributed by atoms with E-state index in [0.717, 1.165) is 29.8 Å². The second-order valence-electron chi connectivity index (χ2n) is 4.18. The number of aromatic carboxylic acids is 1. The monoisotopic (exact) mass is 225 g/mol. The van der Waals surface area contributed by atoms with Crippen molar-refractivity contribution in [1.82, 2.24) is 5.32 Å². The van der Waals surface area contributed by atoms with Crippen LogP contribution in [0.25, 0.3) is 0 Å². The number of nitrogens with one attached hydrogen (secondary N) is 1. The number of hydrogen-bond acceptors (Lipinski definition) is 3. The molecule has 0 bridgehead atoms. The van der Waals surface area contributed by atoms with Crippen molar-refractivity contribution in [2.75, 3.05) is 6.54 Å². The van der Waals surface area contributed by atoms with Crippen LogP contribution >= 0.6 is 11.3 Å². The van der Waals surface area contributed by atoms with Crippen LogP contribution in [0.5, 0.6) is 0 Å². The van der Waals surface area contributed by atoms with Gasteiger partial charge in [-0.15, -0.1) is 11.3 Å². The highest BCUT2D eigenvalue weighted by atomic mass is 32.1. The Bertz CT molecular complexity index is 361. The van der Waals surface area contributed by atoms with Gasteiger partial charge in [-0.2, -0.15) is 0 Å². The Morgan fingerprint density at radius 2 is 2.40 bits per heavy atom. The van der Waals surface area contributed by atoms with Crippen molar-refractivity contribution < 1.29 is 9.90 Å². The fourth-order valence-corrected chi connectivity index (χ4v) is 2.47. The minimum atomic E-state index is -0.831. The summed E-state index contributed by atoms with van der Waals surface area (Å²) in [7, 11) is 0. The van der Waals surface area contributed by atoms with Crippen molar-refractivity contribution in [2.24, 2.45) is 11.8 Å². The highest BCUT2D eigenvalue weighted by Crippen LogP contribution is 2.36. The second-order valence-corrected chi connectivity index (χ2v) is 5.34. The average Bonchev–Trinajstić information content (AvgIpc) is 2.71. The summed E-state index contributed by atoms with van der Waals surface area (Å²) in [6, 6.07) is 3.56. The lowest BCUT2D eigenvalue weighted by Crippen LogP contribution is -2.15. The molecule has 0 radical (unpaired) electrons. The SMILES string of the molecule is CC1CC1CNCc1ccc(C(=O)O)s1. The van der Waals surface area contributed by atoms with E-state index in [4.69, 9.17) is 5.11 Å². The van der Waals surface area contributed by atoms with Crippen molar-refractivity contribution in [3.05, 3.63) is 21.9 Å². The molecule has 0 amide bonds. The zero-order valence-corrected chi connectivity index (χ0v) is 9.51. The number of rotatable bonds is 5. The zero-order chi connectivity index (χ0) is 10.8. The van der Waals surface area contributed by atoms with Gasteiger partial charge in [-0.1, -0.05) is 6.92 Å².